The van der Waals surface area contributed by atoms with Gasteiger partial charge >= 0.3 is 17.9 Å². The van der Waals surface area contributed by atoms with Crippen molar-refractivity contribution in [1.82, 2.24) is 9.97 Å². The summed E-state index contributed by atoms with van der Waals surface area (Å²) >= 11 is 0. The van der Waals surface area contributed by atoms with Crippen molar-refractivity contribution in [1.29, 1.82) is 0 Å². The molecule has 0 bridgehead atoms. The summed E-state index contributed by atoms with van der Waals surface area (Å²) in [4.78, 5) is 48.8. The molecule has 0 saturated carbocycles. The molecule has 5 aromatic rings. The smallest absolute Gasteiger partial charge is 0.347 e. The van der Waals surface area contributed by atoms with Crippen LogP contribution in [0, 0.1) is 0 Å². The zero-order valence-corrected chi connectivity index (χ0v) is 44.6. The Morgan fingerprint density at radius 2 is 0.973 bits per heavy atom. The van der Waals surface area contributed by atoms with Crippen LogP contribution < -0.4 is 18.9 Å². The zero-order valence-electron chi connectivity index (χ0n) is 44.6. The fourth-order valence-electron chi connectivity index (χ4n) is 8.65. The predicted molar refractivity (Wildman–Crippen MR) is 294 cm³/mol. The van der Waals surface area contributed by atoms with Crippen LogP contribution in [0.1, 0.15) is 208 Å². The first-order chi connectivity index (χ1) is 35.8. The minimum Gasteiger partial charge on any atom is -0.494 e. The molecule has 0 aliphatic rings. The normalized spacial score (nSPS) is 11.5. The second kappa shape index (κ2) is 34.4. The molecular formula is C63H84N2O8. The van der Waals surface area contributed by atoms with Crippen LogP contribution in [0.5, 0.6) is 23.0 Å². The lowest BCUT2D eigenvalue weighted by Crippen LogP contribution is -2.15. The number of aromatic nitrogens is 2. The van der Waals surface area contributed by atoms with Gasteiger partial charge < -0.3 is 23.7 Å². The number of carbonyl (C=O) groups is 3. The van der Waals surface area contributed by atoms with Gasteiger partial charge in [-0.3, -0.25) is 4.79 Å². The van der Waals surface area contributed by atoms with Crippen LogP contribution in [-0.4, -0.2) is 47.2 Å². The largest absolute Gasteiger partial charge is 0.494 e. The molecule has 0 radical (unpaired) electrons. The third-order valence-electron chi connectivity index (χ3n) is 13.1. The molecule has 0 fully saturated rings. The van der Waals surface area contributed by atoms with Crippen LogP contribution >= 0.6 is 0 Å². The van der Waals surface area contributed by atoms with Gasteiger partial charge in [-0.1, -0.05) is 154 Å². The standard InChI is InChI=1S/C63H84N2O8/c1-5-8-11-14-20-26-45-70-57-42-43-59(58(46-57)63(68)72-56-40-34-52(35-41-56)51-30-32-54(33-31-51)62(67)71-49(4)27-22-12-9-6-2)73-60(66)29-24-19-17-15-16-18-21-25-44-69-55-38-36-53(37-39-55)61-64-47-50(48-65-61)28-23-13-10-7-3/h30-43,46-49H,5-29,44-45H2,1-4H3/t49-/m0/s1. The van der Waals surface area contributed by atoms with E-state index in [1.807, 2.05) is 67.8 Å². The number of aryl methyl sites for hydroxylation is 1. The SMILES string of the molecule is CCCCCCCCOc1ccc(OC(=O)CCCCCCCCCCOc2ccc(-c3ncc(CCCCCC)cn3)cc2)c(C(=O)Oc2ccc(-c3ccc(C(=O)O[C@@H](C)CCCCCC)cc3)cc2)c1. The van der Waals surface area contributed by atoms with E-state index >= 15 is 0 Å². The highest BCUT2D eigenvalue weighted by atomic mass is 16.6. The Morgan fingerprint density at radius 1 is 0.479 bits per heavy atom. The van der Waals surface area contributed by atoms with E-state index in [9.17, 15) is 14.4 Å². The molecular weight excluding hydrogens is 913 g/mol. The highest BCUT2D eigenvalue weighted by molar-refractivity contribution is 5.95. The van der Waals surface area contributed by atoms with E-state index in [1.54, 1.807) is 42.5 Å². The third kappa shape index (κ3) is 22.3. The quantitative estimate of drug-likeness (QED) is 0.0216. The van der Waals surface area contributed by atoms with Crippen molar-refractivity contribution in [3.05, 3.63) is 120 Å². The number of hydrogen-bond donors (Lipinski definition) is 0. The molecule has 73 heavy (non-hydrogen) atoms. The van der Waals surface area contributed by atoms with Crippen molar-refractivity contribution < 1.29 is 38.1 Å². The van der Waals surface area contributed by atoms with Gasteiger partial charge in [0.25, 0.3) is 0 Å². The van der Waals surface area contributed by atoms with Gasteiger partial charge in [0.15, 0.2) is 5.82 Å². The van der Waals surface area contributed by atoms with E-state index in [0.29, 0.717) is 36.7 Å². The Bertz CT molecular complexity index is 2310. The van der Waals surface area contributed by atoms with Gasteiger partial charge in [-0.05, 0) is 135 Å². The molecule has 10 heteroatoms. The maximum atomic E-state index is 13.7. The van der Waals surface area contributed by atoms with Crippen LogP contribution in [0.4, 0.5) is 0 Å². The number of nitrogens with zero attached hydrogens (tertiary/aromatic N) is 2. The molecule has 0 aliphatic carbocycles. The van der Waals surface area contributed by atoms with E-state index in [0.717, 1.165) is 112 Å². The van der Waals surface area contributed by atoms with Crippen molar-refractivity contribution in [3.63, 3.8) is 0 Å². The van der Waals surface area contributed by atoms with Gasteiger partial charge in [0.05, 0.1) is 24.9 Å². The summed E-state index contributed by atoms with van der Waals surface area (Å²) in [6.07, 6.45) is 30.4. The highest BCUT2D eigenvalue weighted by Gasteiger charge is 2.20. The number of benzene rings is 4. The first-order valence-electron chi connectivity index (χ1n) is 27.9. The number of esters is 3. The predicted octanol–water partition coefficient (Wildman–Crippen LogP) is 16.9. The second-order valence-electron chi connectivity index (χ2n) is 19.5. The maximum absolute atomic E-state index is 13.7. The summed E-state index contributed by atoms with van der Waals surface area (Å²) in [7, 11) is 0. The molecule has 0 aliphatic heterocycles. The minimum atomic E-state index is -0.649. The van der Waals surface area contributed by atoms with Crippen LogP contribution in [0.2, 0.25) is 0 Å². The lowest BCUT2D eigenvalue weighted by Gasteiger charge is -2.14. The summed E-state index contributed by atoms with van der Waals surface area (Å²) in [5.74, 6) is 1.24. The van der Waals surface area contributed by atoms with Gasteiger partial charge in [-0.25, -0.2) is 19.6 Å². The van der Waals surface area contributed by atoms with E-state index in [1.165, 1.54) is 69.8 Å². The highest BCUT2D eigenvalue weighted by Crippen LogP contribution is 2.29. The molecule has 1 heterocycles. The molecule has 5 rings (SSSR count). The van der Waals surface area contributed by atoms with Crippen molar-refractivity contribution >= 4 is 17.9 Å². The Hall–Kier alpha value is -6.03. The molecule has 10 nitrogen and oxygen atoms in total. The molecule has 1 atom stereocenters. The van der Waals surface area contributed by atoms with Crippen LogP contribution in [0.25, 0.3) is 22.5 Å². The summed E-state index contributed by atoms with van der Waals surface area (Å²) in [5.41, 5.74) is 4.61. The summed E-state index contributed by atoms with van der Waals surface area (Å²) in [5, 5.41) is 0. The molecule has 0 amide bonds. The summed E-state index contributed by atoms with van der Waals surface area (Å²) < 4.78 is 29.4. The minimum absolute atomic E-state index is 0.124. The van der Waals surface area contributed by atoms with Gasteiger partial charge in [-0.2, -0.15) is 0 Å². The number of ether oxygens (including phenoxy) is 5. The summed E-state index contributed by atoms with van der Waals surface area (Å²) in [6, 6.07) is 27.5. The van der Waals surface area contributed by atoms with E-state index in [4.69, 9.17) is 23.7 Å². The third-order valence-corrected chi connectivity index (χ3v) is 13.1. The molecule has 4 aromatic carbocycles. The second-order valence-corrected chi connectivity index (χ2v) is 19.5. The van der Waals surface area contributed by atoms with Crippen molar-refractivity contribution in [2.24, 2.45) is 0 Å². The fourth-order valence-corrected chi connectivity index (χ4v) is 8.65. The topological polar surface area (TPSA) is 123 Å². The molecule has 394 valence electrons. The number of rotatable bonds is 37. The first kappa shape index (κ1) is 57.9. The van der Waals surface area contributed by atoms with Gasteiger partial charge in [0, 0.05) is 24.4 Å². The maximum Gasteiger partial charge on any atom is 0.347 e. The molecule has 0 unspecified atom stereocenters. The first-order valence-corrected chi connectivity index (χ1v) is 27.9. The van der Waals surface area contributed by atoms with Crippen LogP contribution in [0.15, 0.2) is 103 Å². The van der Waals surface area contributed by atoms with Crippen molar-refractivity contribution in [2.75, 3.05) is 13.2 Å². The molecule has 0 N–H and O–H groups in total. The number of carbonyl (C=O) groups excluding carboxylic acids is 3. The van der Waals surface area contributed by atoms with Gasteiger partial charge in [0.2, 0.25) is 0 Å². The lowest BCUT2D eigenvalue weighted by molar-refractivity contribution is -0.134. The van der Waals surface area contributed by atoms with E-state index < -0.39 is 5.97 Å². The average molecular weight is 997 g/mol. The molecule has 0 spiro atoms. The Morgan fingerprint density at radius 3 is 1.59 bits per heavy atom. The lowest BCUT2D eigenvalue weighted by atomic mass is 10.0. The molecule has 0 saturated heterocycles. The summed E-state index contributed by atoms with van der Waals surface area (Å²) in [6.45, 7) is 9.77. The van der Waals surface area contributed by atoms with Crippen molar-refractivity contribution in [2.45, 2.75) is 194 Å². The Kier molecular flexibility index (Phi) is 27.3. The van der Waals surface area contributed by atoms with Crippen LogP contribution in [-0.2, 0) is 16.0 Å². The number of unbranched alkanes of at least 4 members (excludes halogenated alkanes) is 18. The Balaban J connectivity index is 1.01. The molecule has 1 aromatic heterocycles. The number of hydrogen-bond acceptors (Lipinski definition) is 10. The van der Waals surface area contributed by atoms with Gasteiger partial charge in [0.1, 0.15) is 28.6 Å². The van der Waals surface area contributed by atoms with Crippen LogP contribution in [0.3, 0.4) is 0 Å². The average Bonchev–Trinajstić information content (AvgIpc) is 3.41. The fraction of sp³-hybridized carbons (Fsp3) is 0.508. The Labute approximate surface area is 437 Å². The zero-order chi connectivity index (χ0) is 51.7. The monoisotopic (exact) mass is 997 g/mol. The van der Waals surface area contributed by atoms with E-state index in [2.05, 4.69) is 30.7 Å². The van der Waals surface area contributed by atoms with Crippen molar-refractivity contribution in [3.8, 4) is 45.5 Å². The van der Waals surface area contributed by atoms with E-state index in [-0.39, 0.29) is 35.8 Å². The van der Waals surface area contributed by atoms with Gasteiger partial charge in [-0.15, -0.1) is 0 Å².